The zero-order valence-electron chi connectivity index (χ0n) is 20.2. The van der Waals surface area contributed by atoms with E-state index >= 15 is 0 Å². The maximum absolute atomic E-state index is 13.8. The summed E-state index contributed by atoms with van der Waals surface area (Å²) in [6, 6.07) is 13.8. The molecule has 4 atom stereocenters. The monoisotopic (exact) mass is 468 g/mol. The summed E-state index contributed by atoms with van der Waals surface area (Å²) < 4.78 is 25.0. The summed E-state index contributed by atoms with van der Waals surface area (Å²) in [5.41, 5.74) is 2.48. The number of benzene rings is 2. The summed E-state index contributed by atoms with van der Waals surface area (Å²) in [5.74, 6) is -0.385. The summed E-state index contributed by atoms with van der Waals surface area (Å²) in [4.78, 5) is 27.9. The van der Waals surface area contributed by atoms with E-state index < -0.39 is 17.8 Å². The highest BCUT2D eigenvalue weighted by atomic mass is 19.1. The molecule has 2 aromatic carbocycles. The molecule has 6 nitrogen and oxygen atoms in total. The number of hydrogen-bond donors (Lipinski definition) is 1. The van der Waals surface area contributed by atoms with Crippen molar-refractivity contribution in [2.75, 3.05) is 13.2 Å². The van der Waals surface area contributed by atoms with Gasteiger partial charge in [-0.2, -0.15) is 0 Å². The van der Waals surface area contributed by atoms with E-state index in [1.54, 1.807) is 12.1 Å². The Morgan fingerprint density at radius 1 is 1.12 bits per heavy atom. The predicted molar refractivity (Wildman–Crippen MR) is 127 cm³/mol. The van der Waals surface area contributed by atoms with Crippen molar-refractivity contribution in [1.82, 2.24) is 10.2 Å². The van der Waals surface area contributed by atoms with Crippen LogP contribution in [0.4, 0.5) is 9.18 Å². The van der Waals surface area contributed by atoms with Crippen molar-refractivity contribution in [2.24, 2.45) is 5.92 Å². The standard InChI is InChI=1S/C27H33FN2O4/c1-17-16-33-23(15-22(17)29-26(32)34-27(2,3)4)25(31)30-14-13-18-7-5-6-8-21(18)24(30)19-9-11-20(28)12-10-19/h5-12,17,22-24H,13-16H2,1-4H3,(H,29,32)/t17-,22-,23+,24-/m0/s1. The number of rotatable bonds is 3. The summed E-state index contributed by atoms with van der Waals surface area (Å²) in [6.07, 6.45) is -0.0616. The zero-order valence-corrected chi connectivity index (χ0v) is 20.2. The highest BCUT2D eigenvalue weighted by Gasteiger charge is 2.40. The van der Waals surface area contributed by atoms with Crippen molar-refractivity contribution in [2.45, 2.75) is 64.3 Å². The minimum atomic E-state index is -0.677. The van der Waals surface area contributed by atoms with Crippen LogP contribution < -0.4 is 5.32 Å². The topological polar surface area (TPSA) is 67.9 Å². The minimum absolute atomic E-state index is 0.0477. The molecule has 2 aromatic rings. The molecule has 0 bridgehead atoms. The zero-order chi connectivity index (χ0) is 24.5. The summed E-state index contributed by atoms with van der Waals surface area (Å²) in [7, 11) is 0. The molecule has 0 radical (unpaired) electrons. The van der Waals surface area contributed by atoms with E-state index in [4.69, 9.17) is 9.47 Å². The van der Waals surface area contributed by atoms with Gasteiger partial charge in [0.2, 0.25) is 0 Å². The van der Waals surface area contributed by atoms with Crippen LogP contribution in [0.3, 0.4) is 0 Å². The number of amides is 2. The molecule has 182 valence electrons. The van der Waals surface area contributed by atoms with Crippen LogP contribution in [0, 0.1) is 11.7 Å². The number of alkyl carbamates (subject to hydrolysis) is 1. The van der Waals surface area contributed by atoms with Crippen molar-refractivity contribution in [3.8, 4) is 0 Å². The van der Waals surface area contributed by atoms with Gasteiger partial charge >= 0.3 is 6.09 Å². The van der Waals surface area contributed by atoms with Crippen LogP contribution in [-0.4, -0.2) is 47.8 Å². The molecule has 1 N–H and O–H groups in total. The summed E-state index contributed by atoms with van der Waals surface area (Å²) in [6.45, 7) is 8.34. The van der Waals surface area contributed by atoms with Gasteiger partial charge in [-0.05, 0) is 61.9 Å². The third kappa shape index (κ3) is 5.41. The van der Waals surface area contributed by atoms with Crippen molar-refractivity contribution in [1.29, 1.82) is 0 Å². The molecule has 7 heteroatoms. The third-order valence-corrected chi connectivity index (χ3v) is 6.44. The Hall–Kier alpha value is -2.93. The fraction of sp³-hybridized carbons (Fsp3) is 0.481. The molecule has 1 fully saturated rings. The molecule has 2 amide bonds. The van der Waals surface area contributed by atoms with E-state index in [2.05, 4.69) is 11.4 Å². The molecular weight excluding hydrogens is 435 g/mol. The van der Waals surface area contributed by atoms with Gasteiger partial charge in [0.15, 0.2) is 0 Å². The second-order valence-corrected chi connectivity index (χ2v) is 10.2. The highest BCUT2D eigenvalue weighted by Crippen LogP contribution is 2.36. The van der Waals surface area contributed by atoms with Crippen LogP contribution in [0.5, 0.6) is 0 Å². The Labute approximate surface area is 200 Å². The molecule has 1 saturated heterocycles. The van der Waals surface area contributed by atoms with E-state index in [1.807, 2.05) is 50.8 Å². The second kappa shape index (κ2) is 9.74. The van der Waals surface area contributed by atoms with E-state index in [0.717, 1.165) is 17.5 Å². The van der Waals surface area contributed by atoms with Crippen molar-refractivity contribution in [3.05, 3.63) is 71.0 Å². The number of hydrogen-bond acceptors (Lipinski definition) is 4. The maximum atomic E-state index is 13.8. The molecule has 2 aliphatic rings. The van der Waals surface area contributed by atoms with Gasteiger partial charge < -0.3 is 19.7 Å². The van der Waals surface area contributed by atoms with Gasteiger partial charge in [-0.1, -0.05) is 43.3 Å². The van der Waals surface area contributed by atoms with Crippen molar-refractivity contribution >= 4 is 12.0 Å². The molecule has 2 aliphatic heterocycles. The van der Waals surface area contributed by atoms with E-state index in [1.165, 1.54) is 17.7 Å². The first-order chi connectivity index (χ1) is 16.1. The van der Waals surface area contributed by atoms with Gasteiger partial charge in [-0.25, -0.2) is 9.18 Å². The van der Waals surface area contributed by atoms with Crippen LogP contribution in [-0.2, 0) is 20.7 Å². The molecule has 0 unspecified atom stereocenters. The summed E-state index contributed by atoms with van der Waals surface area (Å²) >= 11 is 0. The van der Waals surface area contributed by atoms with Gasteiger partial charge in [0.05, 0.1) is 12.6 Å². The average molecular weight is 469 g/mol. The van der Waals surface area contributed by atoms with E-state index in [0.29, 0.717) is 19.6 Å². The molecule has 2 heterocycles. The van der Waals surface area contributed by atoms with Gasteiger partial charge in [0.1, 0.15) is 17.5 Å². The van der Waals surface area contributed by atoms with Crippen molar-refractivity contribution < 1.29 is 23.5 Å². The van der Waals surface area contributed by atoms with Gasteiger partial charge in [-0.15, -0.1) is 0 Å². The fourth-order valence-corrected chi connectivity index (χ4v) is 4.74. The highest BCUT2D eigenvalue weighted by molar-refractivity contribution is 5.82. The lowest BCUT2D eigenvalue weighted by atomic mass is 9.87. The SMILES string of the molecule is C[C@H]1CO[C@@H](C(=O)N2CCc3ccccc3[C@@H]2c2ccc(F)cc2)C[C@@H]1NC(=O)OC(C)(C)C. The van der Waals surface area contributed by atoms with Crippen LogP contribution in [0.2, 0.25) is 0 Å². The Morgan fingerprint density at radius 2 is 1.82 bits per heavy atom. The molecule has 34 heavy (non-hydrogen) atoms. The number of nitrogens with one attached hydrogen (secondary N) is 1. The number of halogens is 1. The van der Waals surface area contributed by atoms with Gasteiger partial charge in [-0.3, -0.25) is 4.79 Å². The van der Waals surface area contributed by atoms with Gasteiger partial charge in [0, 0.05) is 19.0 Å². The Kier molecular flexibility index (Phi) is 6.94. The molecule has 0 aliphatic carbocycles. The van der Waals surface area contributed by atoms with Crippen LogP contribution in [0.1, 0.15) is 56.8 Å². The predicted octanol–water partition coefficient (Wildman–Crippen LogP) is 4.62. The Bertz CT molecular complexity index is 1030. The van der Waals surface area contributed by atoms with Crippen LogP contribution in [0.25, 0.3) is 0 Å². The largest absolute Gasteiger partial charge is 0.444 e. The Balaban J connectivity index is 1.55. The second-order valence-electron chi connectivity index (χ2n) is 10.2. The number of nitrogens with zero attached hydrogens (tertiary/aromatic N) is 1. The van der Waals surface area contributed by atoms with E-state index in [-0.39, 0.29) is 29.7 Å². The molecule has 4 rings (SSSR count). The maximum Gasteiger partial charge on any atom is 0.407 e. The average Bonchev–Trinajstić information content (AvgIpc) is 2.79. The Morgan fingerprint density at radius 3 is 2.53 bits per heavy atom. The number of ether oxygens (including phenoxy) is 2. The number of carbonyl (C=O) groups excluding carboxylic acids is 2. The normalized spacial score (nSPS) is 24.8. The lowest BCUT2D eigenvalue weighted by Gasteiger charge is -2.42. The molecular formula is C27H33FN2O4. The van der Waals surface area contributed by atoms with E-state index in [9.17, 15) is 14.0 Å². The minimum Gasteiger partial charge on any atom is -0.444 e. The molecule has 0 saturated carbocycles. The lowest BCUT2D eigenvalue weighted by molar-refractivity contribution is -0.151. The summed E-state index contributed by atoms with van der Waals surface area (Å²) in [5, 5.41) is 2.92. The lowest BCUT2D eigenvalue weighted by Crippen LogP contribution is -2.54. The first kappa shape index (κ1) is 24.2. The smallest absolute Gasteiger partial charge is 0.407 e. The van der Waals surface area contributed by atoms with Gasteiger partial charge in [0.25, 0.3) is 5.91 Å². The molecule has 0 aromatic heterocycles. The van der Waals surface area contributed by atoms with Crippen LogP contribution in [0.15, 0.2) is 48.5 Å². The third-order valence-electron chi connectivity index (χ3n) is 6.44. The first-order valence-corrected chi connectivity index (χ1v) is 11.9. The number of fused-ring (bicyclic) bond motifs is 1. The van der Waals surface area contributed by atoms with Crippen molar-refractivity contribution in [3.63, 3.8) is 0 Å². The fourth-order valence-electron chi connectivity index (χ4n) is 4.74. The number of carbonyl (C=O) groups is 2. The molecule has 0 spiro atoms. The first-order valence-electron chi connectivity index (χ1n) is 11.9. The quantitative estimate of drug-likeness (QED) is 0.714. The van der Waals surface area contributed by atoms with Crippen LogP contribution >= 0.6 is 0 Å².